The van der Waals surface area contributed by atoms with Crippen molar-refractivity contribution >= 4 is 17.5 Å². The summed E-state index contributed by atoms with van der Waals surface area (Å²) >= 11 is 5.78. The molecule has 1 saturated heterocycles. The second-order valence-corrected chi connectivity index (χ2v) is 4.90. The molecule has 0 aromatic heterocycles. The molecule has 2 fully saturated rings. The highest BCUT2D eigenvalue weighted by atomic mass is 35.5. The van der Waals surface area contributed by atoms with Crippen molar-refractivity contribution in [3.63, 3.8) is 0 Å². The predicted molar refractivity (Wildman–Crippen MR) is 59.0 cm³/mol. The maximum absolute atomic E-state index is 12.0. The Morgan fingerprint density at radius 1 is 1.47 bits per heavy atom. The van der Waals surface area contributed by atoms with Crippen molar-refractivity contribution in [1.82, 2.24) is 4.90 Å². The van der Waals surface area contributed by atoms with Crippen molar-refractivity contribution < 1.29 is 9.53 Å². The molecule has 1 heterocycles. The molecule has 3 nitrogen and oxygen atoms in total. The molecule has 2 atom stereocenters. The molecule has 1 aliphatic carbocycles. The second-order valence-electron chi connectivity index (χ2n) is 4.59. The van der Waals surface area contributed by atoms with Gasteiger partial charge in [0.15, 0.2) is 0 Å². The third kappa shape index (κ3) is 2.45. The molecule has 0 aromatic carbocycles. The third-order valence-corrected chi connectivity index (χ3v) is 3.61. The van der Waals surface area contributed by atoms with E-state index >= 15 is 0 Å². The van der Waals surface area contributed by atoms with Crippen molar-refractivity contribution in [1.29, 1.82) is 0 Å². The Morgan fingerprint density at radius 3 is 2.73 bits per heavy atom. The van der Waals surface area contributed by atoms with Crippen LogP contribution in [0, 0.1) is 5.92 Å². The van der Waals surface area contributed by atoms with E-state index in [2.05, 4.69) is 0 Å². The van der Waals surface area contributed by atoms with Crippen LogP contribution in [0.25, 0.3) is 0 Å². The minimum atomic E-state index is 0.0134. The van der Waals surface area contributed by atoms with Crippen molar-refractivity contribution in [2.75, 3.05) is 19.0 Å². The molecule has 1 amide bonds. The first-order valence-corrected chi connectivity index (χ1v) is 6.24. The third-order valence-electron chi connectivity index (χ3n) is 3.26. The van der Waals surface area contributed by atoms with E-state index in [-0.39, 0.29) is 18.1 Å². The van der Waals surface area contributed by atoms with E-state index in [1.807, 2.05) is 11.8 Å². The quantitative estimate of drug-likeness (QED) is 0.677. The van der Waals surface area contributed by atoms with Crippen LogP contribution in [-0.2, 0) is 9.53 Å². The Kier molecular flexibility index (Phi) is 3.52. The topological polar surface area (TPSA) is 29.5 Å². The molecule has 86 valence electrons. The van der Waals surface area contributed by atoms with Gasteiger partial charge in [-0.3, -0.25) is 4.79 Å². The number of hydrogen-bond acceptors (Lipinski definition) is 2. The average molecular weight is 232 g/mol. The minimum absolute atomic E-state index is 0.0134. The SMILES string of the molecule is CC1CN(C(=O)C2CCC2)CC(CCl)O1. The van der Waals surface area contributed by atoms with Gasteiger partial charge in [0.2, 0.25) is 5.91 Å². The summed E-state index contributed by atoms with van der Waals surface area (Å²) in [4.78, 5) is 14.0. The van der Waals surface area contributed by atoms with E-state index < -0.39 is 0 Å². The van der Waals surface area contributed by atoms with Gasteiger partial charge < -0.3 is 9.64 Å². The fourth-order valence-electron chi connectivity index (χ4n) is 2.22. The fraction of sp³-hybridized carbons (Fsp3) is 0.909. The number of rotatable bonds is 2. The van der Waals surface area contributed by atoms with Gasteiger partial charge in [0, 0.05) is 19.0 Å². The van der Waals surface area contributed by atoms with Gasteiger partial charge in [0.25, 0.3) is 0 Å². The number of alkyl halides is 1. The van der Waals surface area contributed by atoms with Crippen LogP contribution in [0.15, 0.2) is 0 Å². The Balaban J connectivity index is 1.92. The van der Waals surface area contributed by atoms with E-state index in [4.69, 9.17) is 16.3 Å². The molecule has 2 aliphatic rings. The Labute approximate surface area is 95.7 Å². The molecule has 2 unspecified atom stereocenters. The molecule has 0 aromatic rings. The predicted octanol–water partition coefficient (Wildman–Crippen LogP) is 1.64. The lowest BCUT2D eigenvalue weighted by Crippen LogP contribution is -2.52. The molecule has 4 heteroatoms. The molecule has 0 radical (unpaired) electrons. The first-order valence-electron chi connectivity index (χ1n) is 5.71. The van der Waals surface area contributed by atoms with Crippen LogP contribution >= 0.6 is 11.6 Å². The molecular weight excluding hydrogens is 214 g/mol. The summed E-state index contributed by atoms with van der Waals surface area (Å²) in [6, 6.07) is 0. The smallest absolute Gasteiger partial charge is 0.225 e. The van der Waals surface area contributed by atoms with Crippen molar-refractivity contribution in [2.24, 2.45) is 5.92 Å². The van der Waals surface area contributed by atoms with E-state index in [1.54, 1.807) is 0 Å². The Bertz CT molecular complexity index is 243. The van der Waals surface area contributed by atoms with E-state index in [1.165, 1.54) is 6.42 Å². The van der Waals surface area contributed by atoms with Crippen LogP contribution in [0.3, 0.4) is 0 Å². The van der Waals surface area contributed by atoms with Gasteiger partial charge in [-0.05, 0) is 19.8 Å². The first kappa shape index (κ1) is 11.2. The monoisotopic (exact) mass is 231 g/mol. The summed E-state index contributed by atoms with van der Waals surface area (Å²) in [6.45, 7) is 3.39. The second kappa shape index (κ2) is 4.71. The highest BCUT2D eigenvalue weighted by molar-refractivity contribution is 6.18. The van der Waals surface area contributed by atoms with Crippen LogP contribution < -0.4 is 0 Å². The lowest BCUT2D eigenvalue weighted by atomic mass is 9.84. The zero-order chi connectivity index (χ0) is 10.8. The lowest BCUT2D eigenvalue weighted by Gasteiger charge is -2.39. The summed E-state index contributed by atoms with van der Waals surface area (Å²) in [7, 11) is 0. The number of carbonyl (C=O) groups is 1. The van der Waals surface area contributed by atoms with Gasteiger partial charge >= 0.3 is 0 Å². The molecule has 1 aliphatic heterocycles. The molecule has 15 heavy (non-hydrogen) atoms. The summed E-state index contributed by atoms with van der Waals surface area (Å²) in [5, 5.41) is 0. The van der Waals surface area contributed by atoms with Crippen LogP contribution in [0.5, 0.6) is 0 Å². The Hall–Kier alpha value is -0.280. The van der Waals surface area contributed by atoms with E-state index in [0.717, 1.165) is 19.4 Å². The van der Waals surface area contributed by atoms with Crippen LogP contribution in [0.2, 0.25) is 0 Å². The molecule has 0 N–H and O–H groups in total. The zero-order valence-corrected chi connectivity index (χ0v) is 9.87. The number of ether oxygens (including phenoxy) is 1. The normalized spacial score (nSPS) is 32.5. The largest absolute Gasteiger partial charge is 0.370 e. The van der Waals surface area contributed by atoms with Gasteiger partial charge in [-0.25, -0.2) is 0 Å². The number of morpholine rings is 1. The summed E-state index contributed by atoms with van der Waals surface area (Å²) < 4.78 is 5.62. The standard InChI is InChI=1S/C11H18ClNO2/c1-8-6-13(7-10(5-12)15-8)11(14)9-3-2-4-9/h8-10H,2-7H2,1H3. The average Bonchev–Trinajstić information content (AvgIpc) is 2.14. The van der Waals surface area contributed by atoms with Gasteiger partial charge in [-0.2, -0.15) is 0 Å². The highest BCUT2D eigenvalue weighted by Gasteiger charge is 2.34. The molecule has 0 bridgehead atoms. The maximum Gasteiger partial charge on any atom is 0.225 e. The van der Waals surface area contributed by atoms with E-state index in [0.29, 0.717) is 18.3 Å². The van der Waals surface area contributed by atoms with Crippen LogP contribution in [0.1, 0.15) is 26.2 Å². The molecular formula is C11H18ClNO2. The Morgan fingerprint density at radius 2 is 2.20 bits per heavy atom. The first-order chi connectivity index (χ1) is 7.20. The highest BCUT2D eigenvalue weighted by Crippen LogP contribution is 2.29. The summed E-state index contributed by atoms with van der Waals surface area (Å²) in [5.41, 5.74) is 0. The number of carbonyl (C=O) groups excluding carboxylic acids is 1. The number of hydrogen-bond donors (Lipinski definition) is 0. The van der Waals surface area contributed by atoms with Gasteiger partial charge in [-0.15, -0.1) is 11.6 Å². The van der Waals surface area contributed by atoms with Crippen molar-refractivity contribution in [3.05, 3.63) is 0 Å². The zero-order valence-electron chi connectivity index (χ0n) is 9.12. The fourth-order valence-corrected chi connectivity index (χ4v) is 2.39. The van der Waals surface area contributed by atoms with Gasteiger partial charge in [-0.1, -0.05) is 6.42 Å². The van der Waals surface area contributed by atoms with Crippen LogP contribution in [-0.4, -0.2) is 42.0 Å². The summed E-state index contributed by atoms with van der Waals surface area (Å²) in [6.07, 6.45) is 3.47. The minimum Gasteiger partial charge on any atom is -0.370 e. The van der Waals surface area contributed by atoms with Gasteiger partial charge in [0.1, 0.15) is 0 Å². The van der Waals surface area contributed by atoms with Gasteiger partial charge in [0.05, 0.1) is 18.1 Å². The lowest BCUT2D eigenvalue weighted by molar-refractivity contribution is -0.149. The van der Waals surface area contributed by atoms with Crippen molar-refractivity contribution in [3.8, 4) is 0 Å². The number of amides is 1. The maximum atomic E-state index is 12.0. The summed E-state index contributed by atoms with van der Waals surface area (Å²) in [5.74, 6) is 1.07. The molecule has 1 saturated carbocycles. The molecule has 0 spiro atoms. The number of halogens is 1. The number of nitrogens with zero attached hydrogens (tertiary/aromatic N) is 1. The molecule has 2 rings (SSSR count). The van der Waals surface area contributed by atoms with Crippen molar-refractivity contribution in [2.45, 2.75) is 38.4 Å². The van der Waals surface area contributed by atoms with E-state index in [9.17, 15) is 4.79 Å². The van der Waals surface area contributed by atoms with Crippen LogP contribution in [0.4, 0.5) is 0 Å².